The molecule has 6 nitrogen and oxygen atoms in total. The Bertz CT molecular complexity index is 663. The lowest BCUT2D eigenvalue weighted by molar-refractivity contribution is 0.0690. The van der Waals surface area contributed by atoms with E-state index in [-0.39, 0.29) is 28.1 Å². The Morgan fingerprint density at radius 3 is 2.33 bits per heavy atom. The summed E-state index contributed by atoms with van der Waals surface area (Å²) in [5.74, 6) is -0.390. The number of rotatable bonds is 4. The average Bonchev–Trinajstić information content (AvgIpc) is 2.83. The Hall–Kier alpha value is -1.34. The third-order valence-corrected chi connectivity index (χ3v) is 6.39. The number of carboxylic acids is 1. The molecular formula is C14H22N2O4S. The van der Waals surface area contributed by atoms with E-state index in [9.17, 15) is 13.2 Å². The zero-order chi connectivity index (χ0) is 15.9. The van der Waals surface area contributed by atoms with Crippen LogP contribution in [0.25, 0.3) is 0 Å². The highest BCUT2D eigenvalue weighted by Crippen LogP contribution is 2.33. The monoisotopic (exact) mass is 314 g/mol. The van der Waals surface area contributed by atoms with Crippen LogP contribution in [0.15, 0.2) is 4.90 Å². The number of aromatic carboxylic acids is 1. The standard InChI is InChI=1S/C14H22N2O4S/c1-7-5-6-11(8(7)2)16-21(19,20)13-9(3)12(14(17)18)15-10(13)4/h7-8,11,15-16H,5-6H2,1-4H3,(H,17,18). The maximum absolute atomic E-state index is 12.6. The predicted octanol–water partition coefficient (Wildman–Crippen LogP) is 2.04. The first-order chi connectivity index (χ1) is 9.65. The molecule has 7 heteroatoms. The molecule has 118 valence electrons. The molecule has 0 radical (unpaired) electrons. The van der Waals surface area contributed by atoms with Gasteiger partial charge in [0, 0.05) is 17.3 Å². The van der Waals surface area contributed by atoms with Crippen LogP contribution in [0.1, 0.15) is 48.4 Å². The van der Waals surface area contributed by atoms with Crippen LogP contribution >= 0.6 is 0 Å². The first-order valence-electron chi connectivity index (χ1n) is 7.10. The number of aryl methyl sites for hydroxylation is 1. The van der Waals surface area contributed by atoms with Gasteiger partial charge in [0.1, 0.15) is 10.6 Å². The topological polar surface area (TPSA) is 99.3 Å². The molecule has 1 saturated carbocycles. The summed E-state index contributed by atoms with van der Waals surface area (Å²) in [4.78, 5) is 13.8. The van der Waals surface area contributed by atoms with Crippen molar-refractivity contribution in [3.63, 3.8) is 0 Å². The summed E-state index contributed by atoms with van der Waals surface area (Å²) in [6.45, 7) is 7.26. The molecule has 3 atom stereocenters. The number of sulfonamides is 1. The molecule has 0 bridgehead atoms. The molecule has 1 heterocycles. The van der Waals surface area contributed by atoms with Crippen LogP contribution in [0, 0.1) is 25.7 Å². The van der Waals surface area contributed by atoms with Gasteiger partial charge in [0.05, 0.1) is 0 Å². The van der Waals surface area contributed by atoms with Gasteiger partial charge in [0.15, 0.2) is 0 Å². The van der Waals surface area contributed by atoms with E-state index in [1.165, 1.54) is 6.92 Å². The molecule has 1 aliphatic rings. The number of carbonyl (C=O) groups is 1. The summed E-state index contributed by atoms with van der Waals surface area (Å²) in [5.41, 5.74) is 0.544. The van der Waals surface area contributed by atoms with E-state index in [2.05, 4.69) is 16.6 Å². The van der Waals surface area contributed by atoms with E-state index in [0.717, 1.165) is 12.8 Å². The Morgan fingerprint density at radius 2 is 1.90 bits per heavy atom. The highest BCUT2D eigenvalue weighted by atomic mass is 32.2. The van der Waals surface area contributed by atoms with Crippen molar-refractivity contribution in [2.24, 2.45) is 11.8 Å². The van der Waals surface area contributed by atoms with Crippen LogP contribution in [0.2, 0.25) is 0 Å². The van der Waals surface area contributed by atoms with Gasteiger partial charge in [0.25, 0.3) is 0 Å². The van der Waals surface area contributed by atoms with Crippen molar-refractivity contribution in [2.45, 2.75) is 51.5 Å². The number of aromatic amines is 1. The normalized spacial score (nSPS) is 26.2. The predicted molar refractivity (Wildman–Crippen MR) is 78.9 cm³/mol. The summed E-state index contributed by atoms with van der Waals surface area (Å²) in [6.07, 6.45) is 1.82. The molecule has 21 heavy (non-hydrogen) atoms. The number of carboxylic acid groups (broad SMARTS) is 1. The number of nitrogens with one attached hydrogen (secondary N) is 2. The largest absolute Gasteiger partial charge is 0.477 e. The zero-order valence-electron chi connectivity index (χ0n) is 12.7. The highest BCUT2D eigenvalue weighted by Gasteiger charge is 2.35. The fourth-order valence-electron chi connectivity index (χ4n) is 3.14. The summed E-state index contributed by atoms with van der Waals surface area (Å²) < 4.78 is 27.9. The molecule has 0 aromatic carbocycles. The van der Waals surface area contributed by atoms with E-state index < -0.39 is 16.0 Å². The minimum Gasteiger partial charge on any atom is -0.477 e. The maximum Gasteiger partial charge on any atom is 0.352 e. The van der Waals surface area contributed by atoms with Crippen LogP contribution in [0.3, 0.4) is 0 Å². The van der Waals surface area contributed by atoms with Gasteiger partial charge in [-0.2, -0.15) is 0 Å². The van der Waals surface area contributed by atoms with E-state index in [0.29, 0.717) is 11.6 Å². The zero-order valence-corrected chi connectivity index (χ0v) is 13.5. The molecular weight excluding hydrogens is 292 g/mol. The molecule has 1 aromatic heterocycles. The molecule has 1 fully saturated rings. The van der Waals surface area contributed by atoms with E-state index in [1.54, 1.807) is 6.92 Å². The maximum atomic E-state index is 12.6. The second-order valence-electron chi connectivity index (χ2n) is 6.03. The van der Waals surface area contributed by atoms with Gasteiger partial charge in [-0.1, -0.05) is 13.8 Å². The highest BCUT2D eigenvalue weighted by molar-refractivity contribution is 7.89. The molecule has 3 N–H and O–H groups in total. The number of aromatic nitrogens is 1. The average molecular weight is 314 g/mol. The molecule has 1 aliphatic carbocycles. The van der Waals surface area contributed by atoms with E-state index in [4.69, 9.17) is 5.11 Å². The first kappa shape index (κ1) is 16.0. The molecule has 1 aromatic rings. The van der Waals surface area contributed by atoms with E-state index >= 15 is 0 Å². The van der Waals surface area contributed by atoms with Gasteiger partial charge < -0.3 is 10.1 Å². The summed E-state index contributed by atoms with van der Waals surface area (Å²) in [7, 11) is -3.72. The Balaban J connectivity index is 2.35. The van der Waals surface area contributed by atoms with E-state index in [1.807, 2.05) is 6.92 Å². The molecule has 0 amide bonds. The third-order valence-electron chi connectivity index (χ3n) is 4.62. The van der Waals surface area contributed by atoms with Crippen molar-refractivity contribution in [2.75, 3.05) is 0 Å². The molecule has 0 spiro atoms. The van der Waals surface area contributed by atoms with Crippen LogP contribution in [-0.2, 0) is 10.0 Å². The second-order valence-corrected chi connectivity index (χ2v) is 7.68. The van der Waals surface area contributed by atoms with Gasteiger partial charge in [-0.05, 0) is 38.5 Å². The van der Waals surface area contributed by atoms with Crippen LogP contribution in [-0.4, -0.2) is 30.5 Å². The minimum atomic E-state index is -3.72. The van der Waals surface area contributed by atoms with Gasteiger partial charge in [0.2, 0.25) is 10.0 Å². The van der Waals surface area contributed by atoms with Crippen molar-refractivity contribution >= 4 is 16.0 Å². The quantitative estimate of drug-likeness (QED) is 0.792. The van der Waals surface area contributed by atoms with Crippen molar-refractivity contribution in [3.05, 3.63) is 17.0 Å². The van der Waals surface area contributed by atoms with Crippen molar-refractivity contribution < 1.29 is 18.3 Å². The number of H-pyrrole nitrogens is 1. The lowest BCUT2D eigenvalue weighted by Crippen LogP contribution is -2.37. The summed E-state index contributed by atoms with van der Waals surface area (Å²) in [6, 6.07) is -0.0908. The summed E-state index contributed by atoms with van der Waals surface area (Å²) in [5, 5.41) is 9.08. The van der Waals surface area contributed by atoms with Gasteiger partial charge in [-0.25, -0.2) is 17.9 Å². The van der Waals surface area contributed by atoms with Crippen molar-refractivity contribution in [1.82, 2.24) is 9.71 Å². The Labute approximate surface area is 125 Å². The number of hydrogen-bond donors (Lipinski definition) is 3. The molecule has 0 saturated heterocycles. The van der Waals surface area contributed by atoms with Gasteiger partial charge in [-0.3, -0.25) is 0 Å². The lowest BCUT2D eigenvalue weighted by Gasteiger charge is -2.20. The number of hydrogen-bond acceptors (Lipinski definition) is 3. The molecule has 2 rings (SSSR count). The lowest BCUT2D eigenvalue weighted by atomic mass is 9.98. The van der Waals surface area contributed by atoms with Crippen molar-refractivity contribution in [1.29, 1.82) is 0 Å². The summed E-state index contributed by atoms with van der Waals surface area (Å²) >= 11 is 0. The SMILES string of the molecule is Cc1[nH]c(C(=O)O)c(C)c1S(=O)(=O)NC1CCC(C)C1C. The van der Waals surface area contributed by atoms with Crippen LogP contribution in [0.5, 0.6) is 0 Å². The van der Waals surface area contributed by atoms with Crippen LogP contribution < -0.4 is 4.72 Å². The smallest absolute Gasteiger partial charge is 0.352 e. The van der Waals surface area contributed by atoms with Gasteiger partial charge >= 0.3 is 5.97 Å². The second kappa shape index (κ2) is 5.46. The first-order valence-corrected chi connectivity index (χ1v) is 8.58. The fourth-order valence-corrected chi connectivity index (χ4v) is 4.95. The van der Waals surface area contributed by atoms with Crippen LogP contribution in [0.4, 0.5) is 0 Å². The van der Waals surface area contributed by atoms with Gasteiger partial charge in [-0.15, -0.1) is 0 Å². The Morgan fingerprint density at radius 1 is 1.29 bits per heavy atom. The minimum absolute atomic E-state index is 0.0617. The Kier molecular flexibility index (Phi) is 4.17. The molecule has 0 aliphatic heterocycles. The molecule has 3 unspecified atom stereocenters. The fraction of sp³-hybridized carbons (Fsp3) is 0.643. The van der Waals surface area contributed by atoms with Crippen molar-refractivity contribution in [3.8, 4) is 0 Å². The third kappa shape index (κ3) is 2.85.